The van der Waals surface area contributed by atoms with Crippen molar-refractivity contribution in [3.8, 4) is 17.4 Å². The summed E-state index contributed by atoms with van der Waals surface area (Å²) in [7, 11) is 1.60. The Balaban J connectivity index is 1.31. The average Bonchev–Trinajstić information content (AvgIpc) is 3.64. The maximum Gasteiger partial charge on any atom is 0.251 e. The zero-order valence-electron chi connectivity index (χ0n) is 17.1. The predicted octanol–water partition coefficient (Wildman–Crippen LogP) is 4.16. The van der Waals surface area contributed by atoms with E-state index in [1.54, 1.807) is 49.7 Å². The molecule has 1 heterocycles. The summed E-state index contributed by atoms with van der Waals surface area (Å²) in [5, 5.41) is 5.72. The fourth-order valence-electron chi connectivity index (χ4n) is 2.97. The van der Waals surface area contributed by atoms with Crippen LogP contribution in [0, 0.1) is 5.92 Å². The van der Waals surface area contributed by atoms with Gasteiger partial charge in [-0.15, -0.1) is 0 Å². The minimum absolute atomic E-state index is 0.0138. The molecule has 7 nitrogen and oxygen atoms in total. The van der Waals surface area contributed by atoms with Crippen molar-refractivity contribution in [1.82, 2.24) is 10.3 Å². The molecule has 7 heteroatoms. The molecule has 1 fully saturated rings. The molecule has 0 atom stereocenters. The number of carbonyl (C=O) groups is 2. The number of rotatable bonds is 8. The van der Waals surface area contributed by atoms with Gasteiger partial charge in [-0.05, 0) is 48.7 Å². The molecule has 0 unspecified atom stereocenters. The molecule has 1 saturated carbocycles. The minimum atomic E-state index is -0.223. The molecule has 2 amide bonds. The van der Waals surface area contributed by atoms with E-state index in [0.29, 0.717) is 35.2 Å². The van der Waals surface area contributed by atoms with Crippen molar-refractivity contribution in [1.29, 1.82) is 0 Å². The molecule has 158 valence electrons. The lowest BCUT2D eigenvalue weighted by molar-refractivity contribution is -0.117. The van der Waals surface area contributed by atoms with Gasteiger partial charge in [0.25, 0.3) is 5.91 Å². The standard InChI is InChI=1S/C24H23N3O4/c1-30-20-6-3-7-21(13-20)31-22-11-8-16(14-25-22)15-26-23(28)18-4-2-5-19(12-18)27-24(29)17-9-10-17/h2-8,11-14,17H,9-10,15H2,1H3,(H,26,28)(H,27,29). The van der Waals surface area contributed by atoms with Crippen LogP contribution in [0.5, 0.6) is 17.4 Å². The molecule has 0 bridgehead atoms. The third-order valence-electron chi connectivity index (χ3n) is 4.85. The lowest BCUT2D eigenvalue weighted by Gasteiger charge is -2.09. The van der Waals surface area contributed by atoms with Gasteiger partial charge in [-0.25, -0.2) is 4.98 Å². The summed E-state index contributed by atoms with van der Waals surface area (Å²) >= 11 is 0. The highest BCUT2D eigenvalue weighted by atomic mass is 16.5. The maximum absolute atomic E-state index is 12.5. The van der Waals surface area contributed by atoms with E-state index in [4.69, 9.17) is 9.47 Å². The first kappa shape index (κ1) is 20.4. The molecular weight excluding hydrogens is 394 g/mol. The van der Waals surface area contributed by atoms with Crippen LogP contribution in [0.25, 0.3) is 0 Å². The van der Waals surface area contributed by atoms with Crippen LogP contribution in [0.3, 0.4) is 0 Å². The topological polar surface area (TPSA) is 89.5 Å². The summed E-state index contributed by atoms with van der Waals surface area (Å²) in [5.74, 6) is 1.68. The van der Waals surface area contributed by atoms with Crippen molar-refractivity contribution in [2.75, 3.05) is 12.4 Å². The fourth-order valence-corrected chi connectivity index (χ4v) is 2.97. The molecule has 1 aromatic heterocycles. The molecular formula is C24H23N3O4. The molecule has 0 saturated heterocycles. The number of nitrogens with one attached hydrogen (secondary N) is 2. The Morgan fingerprint density at radius 2 is 1.84 bits per heavy atom. The summed E-state index contributed by atoms with van der Waals surface area (Å²) in [5.41, 5.74) is 1.95. The molecule has 0 aliphatic heterocycles. The summed E-state index contributed by atoms with van der Waals surface area (Å²) in [6, 6.07) is 17.8. The number of hydrogen-bond acceptors (Lipinski definition) is 5. The van der Waals surface area contributed by atoms with Crippen LogP contribution in [0.1, 0.15) is 28.8 Å². The van der Waals surface area contributed by atoms with E-state index in [1.807, 2.05) is 24.3 Å². The van der Waals surface area contributed by atoms with E-state index in [-0.39, 0.29) is 17.7 Å². The van der Waals surface area contributed by atoms with E-state index in [9.17, 15) is 9.59 Å². The SMILES string of the molecule is COc1cccc(Oc2ccc(CNC(=O)c3cccc(NC(=O)C4CC4)c3)cn2)c1. The van der Waals surface area contributed by atoms with Crippen LogP contribution in [0.4, 0.5) is 5.69 Å². The van der Waals surface area contributed by atoms with Gasteiger partial charge in [0.2, 0.25) is 11.8 Å². The number of carbonyl (C=O) groups excluding carboxylic acids is 2. The Hall–Kier alpha value is -3.87. The number of benzene rings is 2. The van der Waals surface area contributed by atoms with Crippen LogP contribution in [0.2, 0.25) is 0 Å². The molecule has 0 radical (unpaired) electrons. The number of aromatic nitrogens is 1. The van der Waals surface area contributed by atoms with Gasteiger partial charge in [-0.1, -0.05) is 18.2 Å². The lowest BCUT2D eigenvalue weighted by atomic mass is 10.1. The zero-order chi connectivity index (χ0) is 21.6. The predicted molar refractivity (Wildman–Crippen MR) is 116 cm³/mol. The zero-order valence-corrected chi connectivity index (χ0v) is 17.1. The Bertz CT molecular complexity index is 1080. The first-order valence-electron chi connectivity index (χ1n) is 10.1. The molecule has 0 spiro atoms. The van der Waals surface area contributed by atoms with Crippen LogP contribution in [0.15, 0.2) is 66.9 Å². The maximum atomic E-state index is 12.5. The molecule has 1 aliphatic carbocycles. The molecule has 4 rings (SSSR count). The van der Waals surface area contributed by atoms with E-state index in [1.165, 1.54) is 0 Å². The number of anilines is 1. The lowest BCUT2D eigenvalue weighted by Crippen LogP contribution is -2.23. The second kappa shape index (κ2) is 9.30. The smallest absolute Gasteiger partial charge is 0.251 e. The van der Waals surface area contributed by atoms with Crippen LogP contribution >= 0.6 is 0 Å². The molecule has 31 heavy (non-hydrogen) atoms. The molecule has 2 N–H and O–H groups in total. The molecule has 3 aromatic rings. The largest absolute Gasteiger partial charge is 0.497 e. The monoisotopic (exact) mass is 417 g/mol. The van der Waals surface area contributed by atoms with Gasteiger partial charge in [0.15, 0.2) is 0 Å². The third kappa shape index (κ3) is 5.60. The van der Waals surface area contributed by atoms with Gasteiger partial charge in [-0.3, -0.25) is 9.59 Å². The van der Waals surface area contributed by atoms with Crippen molar-refractivity contribution in [3.05, 3.63) is 78.0 Å². The van der Waals surface area contributed by atoms with E-state index in [0.717, 1.165) is 18.4 Å². The number of hydrogen-bond donors (Lipinski definition) is 2. The summed E-state index contributed by atoms with van der Waals surface area (Å²) in [6.45, 7) is 0.323. The Morgan fingerprint density at radius 1 is 1.03 bits per heavy atom. The van der Waals surface area contributed by atoms with E-state index >= 15 is 0 Å². The van der Waals surface area contributed by atoms with Gasteiger partial charge in [0.05, 0.1) is 7.11 Å². The molecule has 2 aromatic carbocycles. The highest BCUT2D eigenvalue weighted by molar-refractivity contribution is 5.98. The first-order valence-corrected chi connectivity index (χ1v) is 10.1. The van der Waals surface area contributed by atoms with Crippen molar-refractivity contribution in [2.45, 2.75) is 19.4 Å². The van der Waals surface area contributed by atoms with Gasteiger partial charge in [0.1, 0.15) is 11.5 Å². The Morgan fingerprint density at radius 3 is 2.58 bits per heavy atom. The Labute approximate surface area is 180 Å². The normalized spacial score (nSPS) is 12.7. The van der Waals surface area contributed by atoms with Gasteiger partial charge >= 0.3 is 0 Å². The second-order valence-corrected chi connectivity index (χ2v) is 7.31. The average molecular weight is 417 g/mol. The Kier molecular flexibility index (Phi) is 6.12. The number of ether oxygens (including phenoxy) is 2. The van der Waals surface area contributed by atoms with Crippen molar-refractivity contribution in [2.24, 2.45) is 5.92 Å². The van der Waals surface area contributed by atoms with Crippen LogP contribution < -0.4 is 20.1 Å². The number of methoxy groups -OCH3 is 1. The van der Waals surface area contributed by atoms with E-state index in [2.05, 4.69) is 15.6 Å². The van der Waals surface area contributed by atoms with Gasteiger partial charge < -0.3 is 20.1 Å². The fraction of sp³-hybridized carbons (Fsp3) is 0.208. The number of amides is 2. The van der Waals surface area contributed by atoms with Crippen molar-refractivity contribution >= 4 is 17.5 Å². The summed E-state index contributed by atoms with van der Waals surface area (Å²) in [4.78, 5) is 28.7. The molecule has 1 aliphatic rings. The first-order chi connectivity index (χ1) is 15.1. The van der Waals surface area contributed by atoms with E-state index < -0.39 is 0 Å². The minimum Gasteiger partial charge on any atom is -0.497 e. The quantitative estimate of drug-likeness (QED) is 0.574. The highest BCUT2D eigenvalue weighted by Gasteiger charge is 2.29. The van der Waals surface area contributed by atoms with Gasteiger partial charge in [0, 0.05) is 42.0 Å². The van der Waals surface area contributed by atoms with Crippen LogP contribution in [-0.4, -0.2) is 23.9 Å². The van der Waals surface area contributed by atoms with Crippen molar-refractivity contribution < 1.29 is 19.1 Å². The number of nitrogens with zero attached hydrogens (tertiary/aromatic N) is 1. The van der Waals surface area contributed by atoms with Gasteiger partial charge in [-0.2, -0.15) is 0 Å². The highest BCUT2D eigenvalue weighted by Crippen LogP contribution is 2.30. The third-order valence-corrected chi connectivity index (χ3v) is 4.85. The summed E-state index contributed by atoms with van der Waals surface area (Å²) < 4.78 is 10.9. The van der Waals surface area contributed by atoms with Crippen LogP contribution in [-0.2, 0) is 11.3 Å². The second-order valence-electron chi connectivity index (χ2n) is 7.31. The summed E-state index contributed by atoms with van der Waals surface area (Å²) in [6.07, 6.45) is 3.52. The van der Waals surface area contributed by atoms with Crippen molar-refractivity contribution in [3.63, 3.8) is 0 Å². The number of pyridine rings is 1.